The van der Waals surface area contributed by atoms with Gasteiger partial charge in [0.05, 0.1) is 0 Å². The van der Waals surface area contributed by atoms with E-state index in [4.69, 9.17) is 4.74 Å². The van der Waals surface area contributed by atoms with Gasteiger partial charge in [-0.05, 0) is 56.1 Å². The van der Waals surface area contributed by atoms with Crippen molar-refractivity contribution in [2.24, 2.45) is 5.92 Å². The predicted molar refractivity (Wildman–Crippen MR) is 80.3 cm³/mol. The van der Waals surface area contributed by atoms with Crippen LogP contribution in [0.2, 0.25) is 0 Å². The molecule has 2 atom stereocenters. The van der Waals surface area contributed by atoms with E-state index in [0.29, 0.717) is 4.83 Å². The first-order valence-electron chi connectivity index (χ1n) is 7.12. The smallest absolute Gasteiger partial charge is 0.0466 e. The first-order valence-corrected chi connectivity index (χ1v) is 8.04. The Balaban J connectivity index is 1.97. The lowest BCUT2D eigenvalue weighted by atomic mass is 9.92. The summed E-state index contributed by atoms with van der Waals surface area (Å²) < 4.78 is 5.45. The lowest BCUT2D eigenvalue weighted by Gasteiger charge is -2.21. The van der Waals surface area contributed by atoms with Gasteiger partial charge >= 0.3 is 0 Å². The minimum Gasteiger partial charge on any atom is -0.382 e. The van der Waals surface area contributed by atoms with E-state index in [2.05, 4.69) is 47.1 Å². The minimum atomic E-state index is 0.526. The zero-order valence-corrected chi connectivity index (χ0v) is 12.8. The third-order valence-electron chi connectivity index (χ3n) is 3.85. The van der Waals surface area contributed by atoms with Crippen molar-refractivity contribution in [3.8, 4) is 0 Å². The van der Waals surface area contributed by atoms with Gasteiger partial charge in [-0.15, -0.1) is 0 Å². The first-order chi connectivity index (χ1) is 8.83. The lowest BCUT2D eigenvalue weighted by molar-refractivity contribution is 0.138. The van der Waals surface area contributed by atoms with Crippen molar-refractivity contribution < 1.29 is 4.74 Å². The highest BCUT2D eigenvalue weighted by atomic mass is 79.9. The quantitative estimate of drug-likeness (QED) is 0.427. The van der Waals surface area contributed by atoms with Gasteiger partial charge < -0.3 is 4.74 Å². The van der Waals surface area contributed by atoms with E-state index in [9.17, 15) is 0 Å². The van der Waals surface area contributed by atoms with Gasteiger partial charge in [0.2, 0.25) is 0 Å². The number of halogens is 1. The molecular weight excluding hydrogens is 288 g/mol. The van der Waals surface area contributed by atoms with E-state index < -0.39 is 0 Å². The van der Waals surface area contributed by atoms with Gasteiger partial charge in [-0.25, -0.2) is 0 Å². The molecule has 0 spiro atoms. The van der Waals surface area contributed by atoms with Gasteiger partial charge in [0.1, 0.15) is 0 Å². The molecule has 0 amide bonds. The van der Waals surface area contributed by atoms with Crippen molar-refractivity contribution in [2.75, 3.05) is 13.2 Å². The Bertz CT molecular complexity index is 364. The molecule has 2 heteroatoms. The summed E-state index contributed by atoms with van der Waals surface area (Å²) in [5, 5.41) is 0. The van der Waals surface area contributed by atoms with E-state index >= 15 is 0 Å². The molecule has 0 N–H and O–H groups in total. The normalized spacial score (nSPS) is 23.4. The van der Waals surface area contributed by atoms with Crippen molar-refractivity contribution in [3.05, 3.63) is 35.4 Å². The molecule has 0 saturated carbocycles. The van der Waals surface area contributed by atoms with Crippen LogP contribution in [-0.4, -0.2) is 13.2 Å². The van der Waals surface area contributed by atoms with Gasteiger partial charge in [-0.3, -0.25) is 0 Å². The highest BCUT2D eigenvalue weighted by Gasteiger charge is 2.24. The van der Waals surface area contributed by atoms with Crippen molar-refractivity contribution in [2.45, 2.75) is 43.9 Å². The number of benzene rings is 1. The monoisotopic (exact) mass is 310 g/mol. The zero-order chi connectivity index (χ0) is 12.8. The van der Waals surface area contributed by atoms with E-state index in [0.717, 1.165) is 19.1 Å². The van der Waals surface area contributed by atoms with E-state index in [1.54, 1.807) is 0 Å². The molecule has 1 aromatic rings. The second-order valence-corrected chi connectivity index (χ2v) is 6.08. The SMILES string of the molecule is CCOCCCC1CCCc2ccccc2C1Br. The fraction of sp³-hybridized carbons (Fsp3) is 0.625. The number of ether oxygens (including phenoxy) is 1. The number of fused-ring (bicyclic) bond motifs is 1. The Hall–Kier alpha value is -0.340. The fourth-order valence-electron chi connectivity index (χ4n) is 2.87. The molecule has 1 nitrogen and oxygen atoms in total. The van der Waals surface area contributed by atoms with Gasteiger partial charge in [0.25, 0.3) is 0 Å². The molecule has 0 heterocycles. The van der Waals surface area contributed by atoms with Crippen LogP contribution in [0.15, 0.2) is 24.3 Å². The average Bonchev–Trinajstić information content (AvgIpc) is 2.56. The highest BCUT2D eigenvalue weighted by Crippen LogP contribution is 2.41. The van der Waals surface area contributed by atoms with Gasteiger partial charge in [0.15, 0.2) is 0 Å². The van der Waals surface area contributed by atoms with Crippen LogP contribution in [-0.2, 0) is 11.2 Å². The topological polar surface area (TPSA) is 9.23 Å². The number of rotatable bonds is 5. The number of hydrogen-bond acceptors (Lipinski definition) is 1. The van der Waals surface area contributed by atoms with Crippen LogP contribution in [0.4, 0.5) is 0 Å². The first kappa shape index (κ1) is 14.1. The summed E-state index contributed by atoms with van der Waals surface area (Å²) in [5.74, 6) is 0.758. The van der Waals surface area contributed by atoms with Crippen LogP contribution in [0.3, 0.4) is 0 Å². The summed E-state index contributed by atoms with van der Waals surface area (Å²) in [7, 11) is 0. The summed E-state index contributed by atoms with van der Waals surface area (Å²) in [4.78, 5) is 0.526. The van der Waals surface area contributed by atoms with Gasteiger partial charge in [-0.1, -0.05) is 40.2 Å². The maximum absolute atomic E-state index is 5.45. The van der Waals surface area contributed by atoms with Gasteiger partial charge in [-0.2, -0.15) is 0 Å². The predicted octanol–water partition coefficient (Wildman–Crippen LogP) is 4.89. The van der Waals surface area contributed by atoms with Crippen molar-refractivity contribution >= 4 is 15.9 Å². The summed E-state index contributed by atoms with van der Waals surface area (Å²) >= 11 is 3.93. The molecule has 18 heavy (non-hydrogen) atoms. The van der Waals surface area contributed by atoms with E-state index in [1.807, 2.05) is 0 Å². The Morgan fingerprint density at radius 1 is 1.33 bits per heavy atom. The highest BCUT2D eigenvalue weighted by molar-refractivity contribution is 9.09. The minimum absolute atomic E-state index is 0.526. The Morgan fingerprint density at radius 3 is 3.00 bits per heavy atom. The van der Waals surface area contributed by atoms with Crippen molar-refractivity contribution in [3.63, 3.8) is 0 Å². The molecule has 100 valence electrons. The second kappa shape index (κ2) is 7.30. The third-order valence-corrected chi connectivity index (χ3v) is 5.10. The summed E-state index contributed by atoms with van der Waals surface area (Å²) in [6.45, 7) is 3.81. The van der Waals surface area contributed by atoms with E-state index in [-0.39, 0.29) is 0 Å². The van der Waals surface area contributed by atoms with Crippen molar-refractivity contribution in [1.29, 1.82) is 0 Å². The standard InChI is InChI=1S/C16H23BrO/c1-2-18-12-6-10-14-9-5-8-13-7-3-4-11-15(13)16(14)17/h3-4,7,11,14,16H,2,5-6,8-10,12H2,1H3. The van der Waals surface area contributed by atoms with Gasteiger partial charge in [0, 0.05) is 18.0 Å². The van der Waals surface area contributed by atoms with Crippen LogP contribution >= 0.6 is 15.9 Å². The maximum atomic E-state index is 5.45. The molecule has 0 radical (unpaired) electrons. The molecule has 0 saturated heterocycles. The molecule has 1 aromatic carbocycles. The molecule has 2 rings (SSSR count). The number of alkyl halides is 1. The molecule has 0 aliphatic heterocycles. The molecule has 0 bridgehead atoms. The summed E-state index contributed by atoms with van der Waals surface area (Å²) in [5.41, 5.74) is 3.04. The molecule has 1 aliphatic carbocycles. The molecule has 1 aliphatic rings. The summed E-state index contributed by atoms with van der Waals surface area (Å²) in [6.07, 6.45) is 6.34. The Labute approximate surface area is 119 Å². The largest absolute Gasteiger partial charge is 0.382 e. The average molecular weight is 311 g/mol. The van der Waals surface area contributed by atoms with Crippen LogP contribution < -0.4 is 0 Å². The van der Waals surface area contributed by atoms with Crippen molar-refractivity contribution in [1.82, 2.24) is 0 Å². The second-order valence-electron chi connectivity index (χ2n) is 5.09. The molecule has 0 aromatic heterocycles. The summed E-state index contributed by atoms with van der Waals surface area (Å²) in [6, 6.07) is 8.89. The Kier molecular flexibility index (Phi) is 5.71. The third kappa shape index (κ3) is 3.58. The number of aryl methyl sites for hydroxylation is 1. The van der Waals surface area contributed by atoms with Crippen LogP contribution in [0.5, 0.6) is 0 Å². The molecule has 2 unspecified atom stereocenters. The number of hydrogen-bond donors (Lipinski definition) is 0. The Morgan fingerprint density at radius 2 is 2.17 bits per heavy atom. The maximum Gasteiger partial charge on any atom is 0.0466 e. The fourth-order valence-corrected chi connectivity index (χ4v) is 3.84. The lowest BCUT2D eigenvalue weighted by Crippen LogP contribution is -2.08. The van der Waals surface area contributed by atoms with Crippen LogP contribution in [0, 0.1) is 5.92 Å². The zero-order valence-electron chi connectivity index (χ0n) is 11.2. The van der Waals surface area contributed by atoms with Crippen LogP contribution in [0.1, 0.15) is 48.6 Å². The molecular formula is C16H23BrO. The molecule has 0 fully saturated rings. The van der Waals surface area contributed by atoms with Crippen LogP contribution in [0.25, 0.3) is 0 Å². The van der Waals surface area contributed by atoms with E-state index in [1.165, 1.54) is 43.2 Å².